The molecule has 1 aliphatic rings. The van der Waals surface area contributed by atoms with Gasteiger partial charge in [0, 0.05) is 33.0 Å². The Morgan fingerprint density at radius 2 is 0.817 bits per heavy atom. The molecule has 1 aromatic heterocycles. The average Bonchev–Trinajstić information content (AvgIpc) is 3.61. The van der Waals surface area contributed by atoms with E-state index in [9.17, 15) is 4.79 Å². The first-order valence-corrected chi connectivity index (χ1v) is 34.1. The minimum atomic E-state index is -2.29. The molecule has 1 aliphatic heterocycles. The second kappa shape index (κ2) is 18.9. The summed E-state index contributed by atoms with van der Waals surface area (Å²) in [6, 6.07) is 39.4. The van der Waals surface area contributed by atoms with E-state index in [4.69, 9.17) is 26.5 Å². The lowest BCUT2D eigenvalue weighted by Crippen LogP contribution is -2.40. The van der Waals surface area contributed by atoms with Crippen LogP contribution in [-0.2, 0) is 35.5 Å². The summed E-state index contributed by atoms with van der Waals surface area (Å²) in [6.07, 6.45) is 0. The lowest BCUT2D eigenvalue weighted by molar-refractivity contribution is -0.132. The Bertz CT molecular complexity index is 3070. The maximum atomic E-state index is 12.6. The summed E-state index contributed by atoms with van der Waals surface area (Å²) >= 11 is 0. The van der Waals surface area contributed by atoms with Gasteiger partial charge >= 0.3 is 22.8 Å². The largest absolute Gasteiger partial charge is 0.465 e. The van der Waals surface area contributed by atoms with E-state index < -0.39 is 39.0 Å². The van der Waals surface area contributed by atoms with E-state index in [1.54, 1.807) is 0 Å². The third-order valence-electron chi connectivity index (χ3n) is 13.3. The Balaban J connectivity index is 1.58. The van der Waals surface area contributed by atoms with Crippen molar-refractivity contribution < 1.29 is 31.3 Å². The fraction of sp³-hybridized carbons (Fsp3) is 0.383. The van der Waals surface area contributed by atoms with Gasteiger partial charge in [-0.15, -0.1) is 0 Å². The van der Waals surface area contributed by atoms with Crippen LogP contribution in [-0.4, -0.2) is 28.7 Å². The Morgan fingerprint density at radius 1 is 0.465 bits per heavy atom. The minimum Gasteiger partial charge on any atom is -0.417 e. The number of carbonyl (C=O) groups is 1. The average molecular weight is 1030 g/mol. The van der Waals surface area contributed by atoms with Gasteiger partial charge in [0.05, 0.1) is 16.1 Å². The van der Waals surface area contributed by atoms with Gasteiger partial charge in [-0.25, -0.2) is 4.79 Å². The highest BCUT2D eigenvalue weighted by Gasteiger charge is 2.37. The highest BCUT2D eigenvalue weighted by atomic mass is 31.2. The number of fused-ring (bicyclic) bond motifs is 3. The number of carbonyl (C=O) groups excluding carboxylic acids is 1. The molecule has 1 fully saturated rings. The van der Waals surface area contributed by atoms with Crippen LogP contribution in [0, 0.1) is 0 Å². The van der Waals surface area contributed by atoms with E-state index >= 15 is 0 Å². The van der Waals surface area contributed by atoms with Gasteiger partial charge in [-0.3, -0.25) is 4.52 Å². The summed E-state index contributed by atoms with van der Waals surface area (Å²) < 4.78 is 41.2. The number of benzene rings is 6. The molecule has 11 heteroatoms. The van der Waals surface area contributed by atoms with E-state index in [-0.39, 0.29) is 28.3 Å². The molecule has 6 aromatic carbocycles. The van der Waals surface area contributed by atoms with Gasteiger partial charge in [-0.2, -0.15) is 0 Å². The van der Waals surface area contributed by atoms with Crippen molar-refractivity contribution in [2.75, 3.05) is 6.61 Å². The molecule has 71 heavy (non-hydrogen) atoms. The summed E-state index contributed by atoms with van der Waals surface area (Å²) in [5, 5.41) is 4.15. The molecular weight excluding hydrogens is 951 g/mol. The van der Waals surface area contributed by atoms with Crippen molar-refractivity contribution in [3.63, 3.8) is 0 Å². The predicted octanol–water partition coefficient (Wildman–Crippen LogP) is 17.6. The fourth-order valence-corrected chi connectivity index (χ4v) is 14.0. The molecule has 0 aliphatic carbocycles. The molecule has 0 saturated carbocycles. The van der Waals surface area contributed by atoms with E-state index in [2.05, 4.69) is 232 Å². The zero-order chi connectivity index (χ0) is 51.8. The summed E-state index contributed by atoms with van der Waals surface area (Å²) in [5.41, 5.74) is 11.0. The molecule has 1 unspecified atom stereocenters. The first-order valence-electron chi connectivity index (χ1n) is 24.9. The number of hydrogen-bond acceptors (Lipinski definition) is 7. The SMILES string of the molecule is CC(C)(C)c1cc(-c2cc(C(C)(C)C)cc([Si](C)(C)C)c2Op2oc3c(-c4ccccc4)cc(C(C)(C)C)cc3c3cc(C(C)(C)C)cc(-c4ccccc4)c3o2)c(OP2OCC(=O)O2)c([Si](C)(C)C)c1. The van der Waals surface area contributed by atoms with Crippen LogP contribution in [0.15, 0.2) is 118 Å². The molecule has 1 saturated heterocycles. The van der Waals surface area contributed by atoms with Gasteiger partial charge in [0.25, 0.3) is 0 Å². The molecule has 2 heterocycles. The van der Waals surface area contributed by atoms with Crippen molar-refractivity contribution in [1.82, 2.24) is 0 Å². The van der Waals surface area contributed by atoms with Crippen molar-refractivity contribution >= 4 is 71.3 Å². The first-order chi connectivity index (χ1) is 32.9. The molecule has 0 radical (unpaired) electrons. The van der Waals surface area contributed by atoms with Crippen LogP contribution >= 0.6 is 16.8 Å². The lowest BCUT2D eigenvalue weighted by atomic mass is 9.82. The summed E-state index contributed by atoms with van der Waals surface area (Å²) in [7, 11) is -8.71. The molecule has 7 aromatic rings. The first kappa shape index (κ1) is 52.4. The zero-order valence-electron chi connectivity index (χ0n) is 45.4. The van der Waals surface area contributed by atoms with Crippen molar-refractivity contribution in [3.8, 4) is 44.9 Å². The third-order valence-corrected chi connectivity index (χ3v) is 19.3. The van der Waals surface area contributed by atoms with Crippen LogP contribution in [0.25, 0.3) is 55.3 Å². The summed E-state index contributed by atoms with van der Waals surface area (Å²) in [4.78, 5) is 12.6. The monoisotopic (exact) mass is 1020 g/mol. The Morgan fingerprint density at radius 3 is 1.15 bits per heavy atom. The second-order valence-corrected chi connectivity index (χ2v) is 37.5. The number of hydrogen-bond donors (Lipinski definition) is 0. The molecule has 0 amide bonds. The van der Waals surface area contributed by atoms with Crippen molar-refractivity contribution in [1.29, 1.82) is 0 Å². The van der Waals surface area contributed by atoms with Gasteiger partial charge in [0.1, 0.15) is 11.5 Å². The van der Waals surface area contributed by atoms with Crippen molar-refractivity contribution in [3.05, 3.63) is 131 Å². The maximum absolute atomic E-state index is 12.6. The fourth-order valence-electron chi connectivity index (χ4n) is 8.86. The van der Waals surface area contributed by atoms with Gasteiger partial charge in [0.2, 0.25) is 0 Å². The Kier molecular flexibility index (Phi) is 13.9. The Labute approximate surface area is 427 Å². The van der Waals surface area contributed by atoms with Crippen LogP contribution in [0.3, 0.4) is 0 Å². The molecule has 374 valence electrons. The molecule has 1 atom stereocenters. The van der Waals surface area contributed by atoms with E-state index in [0.29, 0.717) is 22.7 Å². The summed E-state index contributed by atoms with van der Waals surface area (Å²) in [6.45, 7) is 41.0. The quantitative estimate of drug-likeness (QED) is 0.105. The topological polar surface area (TPSA) is 80.3 Å². The smallest absolute Gasteiger partial charge is 0.417 e. The molecule has 8 rings (SSSR count). The third kappa shape index (κ3) is 11.2. The molecule has 0 N–H and O–H groups in total. The predicted molar refractivity (Wildman–Crippen MR) is 305 cm³/mol. The van der Waals surface area contributed by atoms with Gasteiger partial charge in [-0.05, 0) is 102 Å². The molecule has 7 nitrogen and oxygen atoms in total. The van der Waals surface area contributed by atoms with Crippen molar-refractivity contribution in [2.45, 2.75) is 144 Å². The van der Waals surface area contributed by atoms with E-state index in [1.165, 1.54) is 16.7 Å². The van der Waals surface area contributed by atoms with Crippen LogP contribution in [0.1, 0.15) is 105 Å². The van der Waals surface area contributed by atoms with E-state index in [1.807, 2.05) is 0 Å². The van der Waals surface area contributed by atoms with Crippen LogP contribution in [0.2, 0.25) is 39.3 Å². The standard InChI is InChI=1S/C60H74O7P2Si2/c1-57(2,3)40-29-44(38-25-21-19-22-26-38)53-46(31-40)47-32-41(58(4,5)6)30-45(39-27-23-20-24-28-39)54(47)65-69(64-53)67-56-49(34-43(60(10,11)12)36-51(56)71(16,17)18)48-33-42(59(7,8)9)35-50(70(13,14)15)55(48)66-68-62-37-52(61)63-68/h19-36H,37H2,1-18H3. The maximum Gasteiger partial charge on any atom is 0.465 e. The van der Waals surface area contributed by atoms with Crippen LogP contribution < -0.4 is 19.4 Å². The van der Waals surface area contributed by atoms with Gasteiger partial charge in [0.15, 0.2) is 17.8 Å². The van der Waals surface area contributed by atoms with E-state index in [0.717, 1.165) is 60.1 Å². The lowest BCUT2D eigenvalue weighted by Gasteiger charge is -2.31. The van der Waals surface area contributed by atoms with Crippen molar-refractivity contribution in [2.24, 2.45) is 0 Å². The highest BCUT2D eigenvalue weighted by Crippen LogP contribution is 2.52. The minimum absolute atomic E-state index is 0.149. The molecule has 0 bridgehead atoms. The van der Waals surface area contributed by atoms with Gasteiger partial charge < -0.3 is 22.0 Å². The normalized spacial score (nSPS) is 15.1. The van der Waals surface area contributed by atoms with Crippen LogP contribution in [0.5, 0.6) is 11.5 Å². The molecular formula is C60H74O7P2Si2. The van der Waals surface area contributed by atoms with Crippen LogP contribution in [0.4, 0.5) is 0 Å². The molecule has 0 spiro atoms. The van der Waals surface area contributed by atoms with Gasteiger partial charge in [-0.1, -0.05) is 195 Å². The Hall–Kier alpha value is -4.89. The summed E-state index contributed by atoms with van der Waals surface area (Å²) in [5.74, 6) is 0.921. The highest BCUT2D eigenvalue weighted by molar-refractivity contribution is 7.43. The zero-order valence-corrected chi connectivity index (χ0v) is 49.1. The second-order valence-electron chi connectivity index (χ2n) is 25.4. The number of rotatable bonds is 9.